The minimum absolute atomic E-state index is 0.0982. The second-order valence-electron chi connectivity index (χ2n) is 16.6. The van der Waals surface area contributed by atoms with Gasteiger partial charge in [-0.2, -0.15) is 0 Å². The number of ether oxygens (including phenoxy) is 3. The number of fused-ring (bicyclic) bond motifs is 3. The fraction of sp³-hybridized carbons (Fsp3) is 0.300. The number of aromatic nitrogens is 1. The lowest BCUT2D eigenvalue weighted by Crippen LogP contribution is -2.47. The fourth-order valence-corrected chi connectivity index (χ4v) is 7.94. The van der Waals surface area contributed by atoms with E-state index >= 15 is 4.79 Å². The van der Waals surface area contributed by atoms with Gasteiger partial charge in [-0.3, -0.25) is 19.3 Å². The Morgan fingerprint density at radius 1 is 0.797 bits per heavy atom. The molecule has 2 amide bonds. The molecule has 6 aromatic rings. The number of carbonyl (C=O) groups excluding carboxylic acids is 3. The highest BCUT2D eigenvalue weighted by molar-refractivity contribution is 6.16. The van der Waals surface area contributed by atoms with E-state index in [4.69, 9.17) is 14.2 Å². The molecule has 1 aliphatic heterocycles. The summed E-state index contributed by atoms with van der Waals surface area (Å²) in [5.74, 6) is -3.26. The molecule has 1 N–H and O–H groups in total. The van der Waals surface area contributed by atoms with Crippen molar-refractivity contribution in [2.75, 3.05) is 11.4 Å². The summed E-state index contributed by atoms with van der Waals surface area (Å²) in [6, 6.07) is 43.7. The summed E-state index contributed by atoms with van der Waals surface area (Å²) in [6.45, 7) is 11.3. The Balaban J connectivity index is 1.20. The van der Waals surface area contributed by atoms with Gasteiger partial charge in [0.05, 0.1) is 29.7 Å². The number of esters is 1. The molecule has 59 heavy (non-hydrogen) atoms. The lowest BCUT2D eigenvalue weighted by molar-refractivity contribution is -0.300. The number of rotatable bonds is 12. The van der Waals surface area contributed by atoms with Gasteiger partial charge in [0.1, 0.15) is 11.5 Å². The summed E-state index contributed by atoms with van der Waals surface area (Å²) in [5, 5.41) is 5.10. The van der Waals surface area contributed by atoms with Crippen LogP contribution in [0.15, 0.2) is 140 Å². The zero-order chi connectivity index (χ0) is 41.7. The van der Waals surface area contributed by atoms with Crippen molar-refractivity contribution in [2.45, 2.75) is 84.4 Å². The molecule has 3 atom stereocenters. The van der Waals surface area contributed by atoms with E-state index in [-0.39, 0.29) is 25.0 Å². The molecule has 1 aliphatic rings. The zero-order valence-corrected chi connectivity index (χ0v) is 34.7. The molecule has 2 heterocycles. The number of para-hydroxylation sites is 3. The molecular formula is C50H53N3O6. The third kappa shape index (κ3) is 9.82. The molecule has 1 unspecified atom stereocenters. The fourth-order valence-electron chi connectivity index (χ4n) is 7.94. The number of nitrogens with zero attached hydrogens (tertiary/aromatic N) is 2. The Bertz CT molecular complexity index is 2450. The van der Waals surface area contributed by atoms with Gasteiger partial charge >= 0.3 is 5.97 Å². The first kappa shape index (κ1) is 41.1. The Labute approximate surface area is 346 Å². The van der Waals surface area contributed by atoms with Gasteiger partial charge in [-0.15, -0.1) is 0 Å². The van der Waals surface area contributed by atoms with E-state index in [0.717, 1.165) is 38.6 Å². The summed E-state index contributed by atoms with van der Waals surface area (Å²) in [4.78, 5) is 44.0. The average molecular weight is 792 g/mol. The normalized spacial score (nSPS) is 17.4. The minimum Gasteiger partial charge on any atom is -0.460 e. The second kappa shape index (κ2) is 17.4. The summed E-state index contributed by atoms with van der Waals surface area (Å²) < 4.78 is 20.1. The van der Waals surface area contributed by atoms with Gasteiger partial charge in [0.2, 0.25) is 11.8 Å². The molecule has 0 aliphatic carbocycles. The monoisotopic (exact) mass is 791 g/mol. The Morgan fingerprint density at radius 3 is 2.10 bits per heavy atom. The SMILES string of the molecule is C/C(=C\C(C(=O)NCC[C@@H]1C[C@H](CC(=O)OC(C)(C)C)OC(C)(C)O1)C(=O)N(c1ccccc1)c1ccc2c(c1)c1ccccc1n2-c1ccccc1)c1ccccc1. The number of allylic oxidation sites excluding steroid dienone is 1. The van der Waals surface area contributed by atoms with Crippen LogP contribution in [0, 0.1) is 5.92 Å². The van der Waals surface area contributed by atoms with Crippen LogP contribution in [0.5, 0.6) is 0 Å². The molecule has 1 fully saturated rings. The van der Waals surface area contributed by atoms with Crippen LogP contribution in [-0.4, -0.2) is 52.5 Å². The summed E-state index contributed by atoms with van der Waals surface area (Å²) in [6.07, 6.45) is 2.07. The molecule has 7 rings (SSSR count). The first-order chi connectivity index (χ1) is 28.3. The molecule has 1 aromatic heterocycles. The molecule has 9 heteroatoms. The van der Waals surface area contributed by atoms with Crippen LogP contribution >= 0.6 is 0 Å². The Morgan fingerprint density at radius 2 is 1.41 bits per heavy atom. The largest absolute Gasteiger partial charge is 0.460 e. The van der Waals surface area contributed by atoms with E-state index in [9.17, 15) is 9.59 Å². The van der Waals surface area contributed by atoms with Gasteiger partial charge in [-0.05, 0) is 108 Å². The number of benzene rings is 5. The van der Waals surface area contributed by atoms with Crippen LogP contribution in [-0.2, 0) is 28.6 Å². The van der Waals surface area contributed by atoms with Crippen LogP contribution in [0.3, 0.4) is 0 Å². The predicted octanol–water partition coefficient (Wildman–Crippen LogP) is 10.3. The zero-order valence-electron chi connectivity index (χ0n) is 34.7. The van der Waals surface area contributed by atoms with Gasteiger partial charge in [0, 0.05) is 40.8 Å². The van der Waals surface area contributed by atoms with Crippen molar-refractivity contribution in [2.24, 2.45) is 5.92 Å². The van der Waals surface area contributed by atoms with Crippen molar-refractivity contribution in [3.63, 3.8) is 0 Å². The number of nitrogens with one attached hydrogen (secondary N) is 1. The first-order valence-corrected chi connectivity index (χ1v) is 20.3. The van der Waals surface area contributed by atoms with E-state index in [1.807, 2.05) is 151 Å². The number of carbonyl (C=O) groups is 3. The standard InChI is InChI=1S/C50H53N3O6/c1-34(35-18-10-7-11-19-35)30-43(47(55)51-29-28-39-32-40(58-50(5,6)57-39)33-46(54)59-49(2,3)4)48(56)52(36-20-12-8-13-21-36)38-26-27-45-42(31-38)41-24-16-17-25-44(41)53(45)37-22-14-9-15-23-37/h7-27,30-31,39-40,43H,28-29,32-33H2,1-6H3,(H,51,55)/b34-30+/t39-,40-,43?/m1/s1. The maximum absolute atomic E-state index is 15.2. The van der Waals surface area contributed by atoms with Gasteiger partial charge in [0.15, 0.2) is 5.79 Å². The third-order valence-corrected chi connectivity index (χ3v) is 10.4. The number of hydrogen-bond donors (Lipinski definition) is 1. The molecule has 9 nitrogen and oxygen atoms in total. The average Bonchev–Trinajstić information content (AvgIpc) is 3.53. The molecular weight excluding hydrogens is 739 g/mol. The number of hydrogen-bond acceptors (Lipinski definition) is 6. The topological polar surface area (TPSA) is 99.1 Å². The van der Waals surface area contributed by atoms with Gasteiger partial charge in [-0.25, -0.2) is 0 Å². The van der Waals surface area contributed by atoms with E-state index in [1.54, 1.807) is 11.0 Å². The second-order valence-corrected chi connectivity index (χ2v) is 16.6. The highest BCUT2D eigenvalue weighted by Gasteiger charge is 2.38. The molecule has 0 saturated carbocycles. The van der Waals surface area contributed by atoms with E-state index < -0.39 is 35.2 Å². The Kier molecular flexibility index (Phi) is 12.2. The van der Waals surface area contributed by atoms with Gasteiger partial charge < -0.3 is 24.1 Å². The van der Waals surface area contributed by atoms with E-state index in [2.05, 4.69) is 34.1 Å². The summed E-state index contributed by atoms with van der Waals surface area (Å²) >= 11 is 0. The molecule has 5 aromatic carbocycles. The smallest absolute Gasteiger partial charge is 0.308 e. The van der Waals surface area contributed by atoms with Crippen molar-refractivity contribution in [3.8, 4) is 5.69 Å². The van der Waals surface area contributed by atoms with Crippen LogP contribution < -0.4 is 10.2 Å². The van der Waals surface area contributed by atoms with Crippen molar-refractivity contribution in [3.05, 3.63) is 145 Å². The summed E-state index contributed by atoms with van der Waals surface area (Å²) in [7, 11) is 0. The number of anilines is 2. The Hall–Kier alpha value is -6.03. The lowest BCUT2D eigenvalue weighted by atomic mass is 9.98. The highest BCUT2D eigenvalue weighted by Crippen LogP contribution is 2.37. The van der Waals surface area contributed by atoms with Crippen molar-refractivity contribution in [1.82, 2.24) is 9.88 Å². The maximum Gasteiger partial charge on any atom is 0.308 e. The summed E-state index contributed by atoms with van der Waals surface area (Å²) in [5.41, 5.74) is 5.48. The van der Waals surface area contributed by atoms with Crippen LogP contribution in [0.25, 0.3) is 33.1 Å². The maximum atomic E-state index is 15.2. The number of amides is 2. The van der Waals surface area contributed by atoms with Crippen LogP contribution in [0.4, 0.5) is 11.4 Å². The third-order valence-electron chi connectivity index (χ3n) is 10.4. The molecule has 0 spiro atoms. The minimum atomic E-state index is -1.18. The first-order valence-electron chi connectivity index (χ1n) is 20.3. The quantitative estimate of drug-likeness (QED) is 0.0979. The van der Waals surface area contributed by atoms with Crippen molar-refractivity contribution < 1.29 is 28.6 Å². The lowest BCUT2D eigenvalue weighted by Gasteiger charge is -2.41. The van der Waals surface area contributed by atoms with Gasteiger partial charge in [-0.1, -0.05) is 91.0 Å². The molecule has 1 saturated heterocycles. The van der Waals surface area contributed by atoms with Crippen LogP contribution in [0.2, 0.25) is 0 Å². The molecule has 0 radical (unpaired) electrons. The van der Waals surface area contributed by atoms with Crippen molar-refractivity contribution in [1.29, 1.82) is 0 Å². The molecule has 304 valence electrons. The van der Waals surface area contributed by atoms with Crippen molar-refractivity contribution >= 4 is 56.5 Å². The van der Waals surface area contributed by atoms with E-state index in [1.165, 1.54) is 0 Å². The van der Waals surface area contributed by atoms with Gasteiger partial charge in [0.25, 0.3) is 0 Å². The van der Waals surface area contributed by atoms with E-state index in [0.29, 0.717) is 24.2 Å². The highest BCUT2D eigenvalue weighted by atomic mass is 16.7. The predicted molar refractivity (Wildman–Crippen MR) is 234 cm³/mol. The molecule has 0 bridgehead atoms. The van der Waals surface area contributed by atoms with Crippen LogP contribution in [0.1, 0.15) is 66.4 Å².